The first-order valence-corrected chi connectivity index (χ1v) is 10.4. The Hall–Kier alpha value is -3.06. The van der Waals surface area contributed by atoms with Gasteiger partial charge >= 0.3 is 0 Å². The minimum Gasteiger partial charge on any atom is -0.349 e. The van der Waals surface area contributed by atoms with Gasteiger partial charge in [-0.05, 0) is 26.3 Å². The lowest BCUT2D eigenvalue weighted by molar-refractivity contribution is -0.127. The van der Waals surface area contributed by atoms with Crippen LogP contribution in [0.1, 0.15) is 54.3 Å². The zero-order valence-electron chi connectivity index (χ0n) is 17.7. The summed E-state index contributed by atoms with van der Waals surface area (Å²) in [5.41, 5.74) is 4.82. The summed E-state index contributed by atoms with van der Waals surface area (Å²) in [6, 6.07) is 10.1. The van der Waals surface area contributed by atoms with Crippen molar-refractivity contribution >= 4 is 5.91 Å². The van der Waals surface area contributed by atoms with Gasteiger partial charge in [-0.15, -0.1) is 0 Å². The lowest BCUT2D eigenvalue weighted by atomic mass is 10.00. The molecular formula is C23H28N6O. The van der Waals surface area contributed by atoms with Gasteiger partial charge in [0.2, 0.25) is 5.91 Å². The third kappa shape index (κ3) is 4.26. The predicted molar refractivity (Wildman–Crippen MR) is 115 cm³/mol. The second kappa shape index (κ2) is 8.75. The number of benzene rings is 1. The minimum atomic E-state index is -0.391. The van der Waals surface area contributed by atoms with E-state index in [2.05, 4.69) is 55.7 Å². The maximum absolute atomic E-state index is 13.4. The molecular weight excluding hydrogens is 376 g/mol. The van der Waals surface area contributed by atoms with Crippen molar-refractivity contribution in [2.24, 2.45) is 0 Å². The average Bonchev–Trinajstić information content (AvgIpc) is 3.18. The van der Waals surface area contributed by atoms with Crippen molar-refractivity contribution < 1.29 is 4.79 Å². The molecule has 1 aliphatic rings. The summed E-state index contributed by atoms with van der Waals surface area (Å²) in [7, 11) is 0. The number of amides is 1. The summed E-state index contributed by atoms with van der Waals surface area (Å²) in [6.45, 7) is 8.00. The van der Waals surface area contributed by atoms with Gasteiger partial charge in [-0.1, -0.05) is 30.3 Å². The lowest BCUT2D eigenvalue weighted by Crippen LogP contribution is -2.45. The highest BCUT2D eigenvalue weighted by molar-refractivity contribution is 5.83. The number of aromatic nitrogens is 4. The zero-order valence-corrected chi connectivity index (χ0v) is 17.7. The smallest absolute Gasteiger partial charge is 0.243 e. The fourth-order valence-electron chi connectivity index (χ4n) is 3.93. The van der Waals surface area contributed by atoms with Gasteiger partial charge in [0.15, 0.2) is 0 Å². The first-order chi connectivity index (χ1) is 14.5. The van der Waals surface area contributed by atoms with Crippen LogP contribution in [0.5, 0.6) is 0 Å². The van der Waals surface area contributed by atoms with Crippen LogP contribution in [0.4, 0.5) is 0 Å². The van der Waals surface area contributed by atoms with Crippen LogP contribution in [0.3, 0.4) is 0 Å². The van der Waals surface area contributed by atoms with Crippen molar-refractivity contribution in [3.05, 3.63) is 77.4 Å². The Bertz CT molecular complexity index is 996. The van der Waals surface area contributed by atoms with Gasteiger partial charge in [-0.25, -0.2) is 4.98 Å². The van der Waals surface area contributed by atoms with Crippen LogP contribution in [-0.2, 0) is 24.3 Å². The second-order valence-electron chi connectivity index (χ2n) is 8.05. The molecule has 0 saturated heterocycles. The van der Waals surface area contributed by atoms with Crippen LogP contribution in [0, 0.1) is 6.92 Å². The molecule has 30 heavy (non-hydrogen) atoms. The molecule has 0 unspecified atom stereocenters. The molecule has 0 spiro atoms. The Balaban J connectivity index is 1.61. The van der Waals surface area contributed by atoms with Crippen LogP contribution >= 0.6 is 0 Å². The van der Waals surface area contributed by atoms with Gasteiger partial charge in [0.1, 0.15) is 6.04 Å². The van der Waals surface area contributed by atoms with Crippen LogP contribution in [0.2, 0.25) is 0 Å². The standard InChI is InChI=1S/C23H28N6O/c1-16(2)29-15-27-20-9-10-28(14-18-7-5-4-6-8-18)22(21(20)29)23(30)26-13-19-12-24-17(3)11-25-19/h4-8,11-12,15-16,22H,9-10,13-14H2,1-3H3,(H,26,30)/t22-/m1/s1. The van der Waals surface area contributed by atoms with Gasteiger partial charge < -0.3 is 9.88 Å². The summed E-state index contributed by atoms with van der Waals surface area (Å²) in [5.74, 6) is -0.0309. The molecule has 0 radical (unpaired) electrons. The molecule has 3 aromatic rings. The number of nitrogens with one attached hydrogen (secondary N) is 1. The van der Waals surface area contributed by atoms with E-state index in [-0.39, 0.29) is 11.9 Å². The topological polar surface area (TPSA) is 75.9 Å². The molecule has 3 heterocycles. The van der Waals surface area contributed by atoms with Gasteiger partial charge in [0.05, 0.1) is 41.8 Å². The number of carbonyl (C=O) groups excluding carboxylic acids is 1. The van der Waals surface area contributed by atoms with Gasteiger partial charge in [-0.3, -0.25) is 19.7 Å². The summed E-state index contributed by atoms with van der Waals surface area (Å²) in [6.07, 6.45) is 6.14. The molecule has 2 aromatic heterocycles. The summed E-state index contributed by atoms with van der Waals surface area (Å²) >= 11 is 0. The largest absolute Gasteiger partial charge is 0.349 e. The third-order valence-electron chi connectivity index (χ3n) is 5.48. The van der Waals surface area contributed by atoms with Crippen molar-refractivity contribution in [2.45, 2.75) is 52.4 Å². The van der Waals surface area contributed by atoms with E-state index in [1.807, 2.05) is 31.5 Å². The quantitative estimate of drug-likeness (QED) is 0.684. The average molecular weight is 405 g/mol. The molecule has 156 valence electrons. The molecule has 1 N–H and O–H groups in total. The SMILES string of the molecule is Cc1cnc(CNC(=O)[C@H]2c3c(ncn3C(C)C)CCN2Cc2ccccc2)cn1. The van der Waals surface area contributed by atoms with Crippen LogP contribution in [-0.4, -0.2) is 36.9 Å². The molecule has 0 bridgehead atoms. The zero-order chi connectivity index (χ0) is 21.1. The van der Waals surface area contributed by atoms with Crippen molar-refractivity contribution in [1.82, 2.24) is 29.7 Å². The summed E-state index contributed by atoms with van der Waals surface area (Å²) in [4.78, 5) is 28.9. The molecule has 1 amide bonds. The molecule has 0 fully saturated rings. The Morgan fingerprint density at radius 3 is 2.67 bits per heavy atom. The third-order valence-corrected chi connectivity index (χ3v) is 5.48. The van der Waals surface area contributed by atoms with E-state index in [0.29, 0.717) is 13.1 Å². The van der Waals surface area contributed by atoms with E-state index < -0.39 is 6.04 Å². The Morgan fingerprint density at radius 2 is 1.97 bits per heavy atom. The molecule has 7 heteroatoms. The Labute approximate surface area is 177 Å². The number of hydrogen-bond acceptors (Lipinski definition) is 5. The van der Waals surface area contributed by atoms with Crippen molar-refractivity contribution in [3.8, 4) is 0 Å². The van der Waals surface area contributed by atoms with Crippen LogP contribution in [0.25, 0.3) is 0 Å². The maximum Gasteiger partial charge on any atom is 0.243 e. The molecule has 1 atom stereocenters. The Morgan fingerprint density at radius 1 is 1.17 bits per heavy atom. The number of hydrogen-bond donors (Lipinski definition) is 1. The molecule has 1 aromatic carbocycles. The molecule has 4 rings (SSSR count). The van der Waals surface area contributed by atoms with Crippen molar-refractivity contribution in [1.29, 1.82) is 0 Å². The number of carbonyl (C=O) groups is 1. The first-order valence-electron chi connectivity index (χ1n) is 10.4. The second-order valence-corrected chi connectivity index (χ2v) is 8.05. The van der Waals surface area contributed by atoms with Gasteiger partial charge in [-0.2, -0.15) is 0 Å². The highest BCUT2D eigenvalue weighted by atomic mass is 16.2. The Kier molecular flexibility index (Phi) is 5.90. The molecule has 1 aliphatic heterocycles. The summed E-state index contributed by atoms with van der Waals surface area (Å²) < 4.78 is 2.13. The normalized spacial score (nSPS) is 16.5. The highest BCUT2D eigenvalue weighted by Gasteiger charge is 2.36. The number of nitrogens with zero attached hydrogens (tertiary/aromatic N) is 5. The van der Waals surface area contributed by atoms with Gasteiger partial charge in [0.25, 0.3) is 0 Å². The predicted octanol–water partition coefficient (Wildman–Crippen LogP) is 2.98. The number of fused-ring (bicyclic) bond motifs is 1. The monoisotopic (exact) mass is 404 g/mol. The molecule has 0 saturated carbocycles. The van der Waals surface area contributed by atoms with Crippen molar-refractivity contribution in [2.75, 3.05) is 6.54 Å². The van der Waals surface area contributed by atoms with Crippen LogP contribution < -0.4 is 5.32 Å². The number of imidazole rings is 1. The van der Waals surface area contributed by atoms with E-state index in [4.69, 9.17) is 0 Å². The lowest BCUT2D eigenvalue weighted by Gasteiger charge is -2.36. The summed E-state index contributed by atoms with van der Waals surface area (Å²) in [5, 5.41) is 3.08. The maximum atomic E-state index is 13.4. The number of aryl methyl sites for hydroxylation is 1. The van der Waals surface area contributed by atoms with E-state index in [1.54, 1.807) is 12.4 Å². The number of rotatable bonds is 6. The van der Waals surface area contributed by atoms with E-state index in [0.717, 1.165) is 35.7 Å². The van der Waals surface area contributed by atoms with Gasteiger partial charge in [0, 0.05) is 31.7 Å². The molecule has 0 aliphatic carbocycles. The highest BCUT2D eigenvalue weighted by Crippen LogP contribution is 2.32. The van der Waals surface area contributed by atoms with Crippen LogP contribution in [0.15, 0.2) is 49.1 Å². The van der Waals surface area contributed by atoms with E-state index in [9.17, 15) is 4.79 Å². The fraction of sp³-hybridized carbons (Fsp3) is 0.391. The molecule has 7 nitrogen and oxygen atoms in total. The minimum absolute atomic E-state index is 0.0309. The first kappa shape index (κ1) is 20.2. The van der Waals surface area contributed by atoms with Crippen molar-refractivity contribution in [3.63, 3.8) is 0 Å². The van der Waals surface area contributed by atoms with E-state index in [1.165, 1.54) is 5.56 Å². The fourth-order valence-corrected chi connectivity index (χ4v) is 3.93. The van der Waals surface area contributed by atoms with E-state index >= 15 is 0 Å².